The molecule has 3 nitrogen and oxygen atoms in total. The molecule has 0 aromatic heterocycles. The van der Waals surface area contributed by atoms with Gasteiger partial charge in [-0.3, -0.25) is 4.79 Å². The number of nitrogens with zero attached hydrogens (tertiary/aromatic N) is 1. The summed E-state index contributed by atoms with van der Waals surface area (Å²) in [5, 5.41) is 3.50. The summed E-state index contributed by atoms with van der Waals surface area (Å²) in [5.41, 5.74) is 4.08. The number of likely N-dealkylation sites (tertiary alicyclic amines) is 1. The number of halogens is 1. The van der Waals surface area contributed by atoms with E-state index in [0.29, 0.717) is 11.3 Å². The molecule has 2 aliphatic heterocycles. The van der Waals surface area contributed by atoms with Crippen LogP contribution in [0.3, 0.4) is 0 Å². The molecule has 3 aliphatic rings. The van der Waals surface area contributed by atoms with Crippen LogP contribution in [0.2, 0.25) is 0 Å². The van der Waals surface area contributed by atoms with Crippen LogP contribution in [0, 0.1) is 19.3 Å². The van der Waals surface area contributed by atoms with Crippen molar-refractivity contribution in [3.63, 3.8) is 0 Å². The van der Waals surface area contributed by atoms with Crippen molar-refractivity contribution < 1.29 is 4.79 Å². The Morgan fingerprint density at radius 1 is 1.00 bits per heavy atom. The monoisotopic (exact) mass is 348 g/mol. The molecule has 4 heteroatoms. The second-order valence-corrected chi connectivity index (χ2v) is 8.18. The van der Waals surface area contributed by atoms with E-state index in [2.05, 4.69) is 42.3 Å². The molecule has 2 saturated heterocycles. The van der Waals surface area contributed by atoms with Crippen LogP contribution in [-0.4, -0.2) is 37.0 Å². The Bertz CT molecular complexity index is 602. The average Bonchev–Trinajstić information content (AvgIpc) is 3.23. The van der Waals surface area contributed by atoms with Crippen LogP contribution in [-0.2, 0) is 10.2 Å². The predicted molar refractivity (Wildman–Crippen MR) is 99.8 cm³/mol. The maximum absolute atomic E-state index is 13.2. The number of piperidine rings is 1. The molecule has 1 aliphatic carbocycles. The van der Waals surface area contributed by atoms with Crippen molar-refractivity contribution in [2.45, 2.75) is 51.4 Å². The molecule has 1 spiro atoms. The van der Waals surface area contributed by atoms with Gasteiger partial charge in [-0.15, -0.1) is 12.4 Å². The summed E-state index contributed by atoms with van der Waals surface area (Å²) in [7, 11) is 0. The van der Waals surface area contributed by atoms with E-state index in [1.807, 2.05) is 0 Å². The number of aryl methyl sites for hydroxylation is 2. The SMILES string of the molecule is Cc1cc(C)cc(C2(C(=O)N3CCC4(CCNC4)CC3)CC2)c1.Cl. The minimum atomic E-state index is -0.199. The third-order valence-corrected chi connectivity index (χ3v) is 6.38. The molecule has 0 unspecified atom stereocenters. The van der Waals surface area contributed by atoms with Gasteiger partial charge >= 0.3 is 0 Å². The Hall–Kier alpha value is -1.06. The minimum Gasteiger partial charge on any atom is -0.342 e. The summed E-state index contributed by atoms with van der Waals surface area (Å²) in [6.45, 7) is 8.47. The van der Waals surface area contributed by atoms with E-state index in [1.54, 1.807) is 0 Å². The molecule has 24 heavy (non-hydrogen) atoms. The van der Waals surface area contributed by atoms with Gasteiger partial charge in [0.1, 0.15) is 0 Å². The van der Waals surface area contributed by atoms with Crippen LogP contribution in [0.15, 0.2) is 18.2 Å². The van der Waals surface area contributed by atoms with Gasteiger partial charge < -0.3 is 10.2 Å². The molecule has 2 heterocycles. The molecule has 1 N–H and O–H groups in total. The van der Waals surface area contributed by atoms with Gasteiger partial charge in [-0.1, -0.05) is 29.3 Å². The molecule has 1 aromatic rings. The number of carbonyl (C=O) groups excluding carboxylic acids is 1. The van der Waals surface area contributed by atoms with E-state index in [1.165, 1.54) is 36.0 Å². The lowest BCUT2D eigenvalue weighted by Gasteiger charge is -2.40. The first-order valence-electron chi connectivity index (χ1n) is 9.12. The summed E-state index contributed by atoms with van der Waals surface area (Å²) in [5.74, 6) is 0.392. The molecule has 0 radical (unpaired) electrons. The molecule has 132 valence electrons. The van der Waals surface area contributed by atoms with E-state index >= 15 is 0 Å². The Kier molecular flexibility index (Phi) is 4.69. The van der Waals surface area contributed by atoms with E-state index < -0.39 is 0 Å². The van der Waals surface area contributed by atoms with Crippen molar-refractivity contribution in [2.75, 3.05) is 26.2 Å². The highest BCUT2D eigenvalue weighted by Gasteiger charge is 2.54. The fourth-order valence-corrected chi connectivity index (χ4v) is 4.71. The smallest absolute Gasteiger partial charge is 0.233 e. The highest BCUT2D eigenvalue weighted by molar-refractivity contribution is 5.91. The zero-order valence-corrected chi connectivity index (χ0v) is 15.7. The highest BCUT2D eigenvalue weighted by Crippen LogP contribution is 2.51. The summed E-state index contributed by atoms with van der Waals surface area (Å²) in [6, 6.07) is 6.65. The maximum Gasteiger partial charge on any atom is 0.233 e. The number of nitrogens with one attached hydrogen (secondary N) is 1. The molecule has 0 atom stereocenters. The standard InChI is InChI=1S/C20H28N2O.ClH/c1-15-11-16(2)13-17(12-15)20(3-4-20)18(23)22-9-6-19(7-10-22)5-8-21-14-19;/h11-13,21H,3-10,14H2,1-2H3;1H. The van der Waals surface area contributed by atoms with Crippen molar-refractivity contribution in [1.82, 2.24) is 10.2 Å². The Morgan fingerprint density at radius 2 is 1.62 bits per heavy atom. The van der Waals surface area contributed by atoms with Gasteiger partial charge in [-0.05, 0) is 63.5 Å². The van der Waals surface area contributed by atoms with E-state index in [0.717, 1.165) is 39.0 Å². The molecule has 3 fully saturated rings. The van der Waals surface area contributed by atoms with Gasteiger partial charge in [0, 0.05) is 19.6 Å². The van der Waals surface area contributed by atoms with Crippen LogP contribution < -0.4 is 5.32 Å². The van der Waals surface area contributed by atoms with Gasteiger partial charge in [-0.25, -0.2) is 0 Å². The number of hydrogen-bond donors (Lipinski definition) is 1. The zero-order chi connectivity index (χ0) is 16.1. The quantitative estimate of drug-likeness (QED) is 0.888. The predicted octanol–water partition coefficient (Wildman–Crippen LogP) is 3.36. The summed E-state index contributed by atoms with van der Waals surface area (Å²) >= 11 is 0. The number of rotatable bonds is 2. The lowest BCUT2D eigenvalue weighted by molar-refractivity contribution is -0.136. The lowest BCUT2D eigenvalue weighted by Crippen LogP contribution is -2.47. The zero-order valence-electron chi connectivity index (χ0n) is 14.9. The number of hydrogen-bond acceptors (Lipinski definition) is 2. The fraction of sp³-hybridized carbons (Fsp3) is 0.650. The van der Waals surface area contributed by atoms with Crippen LogP contribution >= 0.6 is 12.4 Å². The van der Waals surface area contributed by atoms with Crippen LogP contribution in [0.1, 0.15) is 48.8 Å². The van der Waals surface area contributed by atoms with Crippen molar-refractivity contribution in [1.29, 1.82) is 0 Å². The van der Waals surface area contributed by atoms with Gasteiger partial charge in [-0.2, -0.15) is 0 Å². The minimum absolute atomic E-state index is 0. The third kappa shape index (κ3) is 2.97. The van der Waals surface area contributed by atoms with Crippen LogP contribution in [0.5, 0.6) is 0 Å². The van der Waals surface area contributed by atoms with Crippen molar-refractivity contribution >= 4 is 18.3 Å². The second kappa shape index (κ2) is 6.34. The Labute approximate surface area is 151 Å². The van der Waals surface area contributed by atoms with E-state index in [9.17, 15) is 4.79 Å². The summed E-state index contributed by atoms with van der Waals surface area (Å²) < 4.78 is 0. The third-order valence-electron chi connectivity index (χ3n) is 6.38. The van der Waals surface area contributed by atoms with E-state index in [-0.39, 0.29) is 17.8 Å². The average molecular weight is 349 g/mol. The molecule has 0 bridgehead atoms. The van der Waals surface area contributed by atoms with Gasteiger partial charge in [0.25, 0.3) is 0 Å². The maximum atomic E-state index is 13.2. The lowest BCUT2D eigenvalue weighted by atomic mass is 9.77. The van der Waals surface area contributed by atoms with Gasteiger partial charge in [0.05, 0.1) is 5.41 Å². The second-order valence-electron chi connectivity index (χ2n) is 8.18. The van der Waals surface area contributed by atoms with Crippen molar-refractivity contribution in [3.05, 3.63) is 34.9 Å². The van der Waals surface area contributed by atoms with Crippen molar-refractivity contribution in [3.8, 4) is 0 Å². The van der Waals surface area contributed by atoms with Crippen LogP contribution in [0.25, 0.3) is 0 Å². The van der Waals surface area contributed by atoms with E-state index in [4.69, 9.17) is 0 Å². The first kappa shape index (κ1) is 17.8. The molecule has 4 rings (SSSR count). The first-order valence-corrected chi connectivity index (χ1v) is 9.12. The Morgan fingerprint density at radius 3 is 2.12 bits per heavy atom. The van der Waals surface area contributed by atoms with Gasteiger partial charge in [0.2, 0.25) is 5.91 Å². The van der Waals surface area contributed by atoms with Crippen molar-refractivity contribution in [2.24, 2.45) is 5.41 Å². The largest absolute Gasteiger partial charge is 0.342 e. The number of carbonyl (C=O) groups is 1. The van der Waals surface area contributed by atoms with Crippen LogP contribution in [0.4, 0.5) is 0 Å². The molecule has 1 aromatic carbocycles. The number of amides is 1. The molecule has 1 amide bonds. The molecular weight excluding hydrogens is 320 g/mol. The highest BCUT2D eigenvalue weighted by atomic mass is 35.5. The first-order chi connectivity index (χ1) is 11.0. The number of benzene rings is 1. The normalized spacial score (nSPS) is 23.8. The Balaban J connectivity index is 0.00000169. The molecular formula is C20H29ClN2O. The molecule has 1 saturated carbocycles. The topological polar surface area (TPSA) is 32.3 Å². The summed E-state index contributed by atoms with van der Waals surface area (Å²) in [6.07, 6.45) is 5.69. The summed E-state index contributed by atoms with van der Waals surface area (Å²) in [4.78, 5) is 15.4. The fourth-order valence-electron chi connectivity index (χ4n) is 4.71. The van der Waals surface area contributed by atoms with Gasteiger partial charge in [0.15, 0.2) is 0 Å².